The van der Waals surface area contributed by atoms with Crippen molar-refractivity contribution < 1.29 is 9.50 Å². The standard InChI is InChI=1S/C15H14Cl2FNO/c1-9(11-6-14(18)13(17)7-12(11)16)19-15-5-3-2-4-10(15)8-20/h2-7,9,19-20H,8H2,1H3. The van der Waals surface area contributed by atoms with Gasteiger partial charge in [-0.3, -0.25) is 0 Å². The van der Waals surface area contributed by atoms with E-state index in [0.717, 1.165) is 11.3 Å². The van der Waals surface area contributed by atoms with E-state index >= 15 is 0 Å². The van der Waals surface area contributed by atoms with Crippen LogP contribution in [0.3, 0.4) is 0 Å². The van der Waals surface area contributed by atoms with Gasteiger partial charge in [0.2, 0.25) is 0 Å². The van der Waals surface area contributed by atoms with Gasteiger partial charge in [-0.25, -0.2) is 4.39 Å². The molecule has 2 aromatic rings. The van der Waals surface area contributed by atoms with Crippen molar-refractivity contribution in [2.75, 3.05) is 5.32 Å². The van der Waals surface area contributed by atoms with Gasteiger partial charge in [0, 0.05) is 16.3 Å². The Morgan fingerprint density at radius 1 is 1.20 bits per heavy atom. The van der Waals surface area contributed by atoms with Crippen LogP contribution in [0.4, 0.5) is 10.1 Å². The molecule has 0 bridgehead atoms. The van der Waals surface area contributed by atoms with Crippen molar-refractivity contribution in [1.29, 1.82) is 0 Å². The topological polar surface area (TPSA) is 32.3 Å². The van der Waals surface area contributed by atoms with Crippen LogP contribution in [0, 0.1) is 5.82 Å². The molecule has 0 aliphatic rings. The first-order valence-corrected chi connectivity index (χ1v) is 6.88. The summed E-state index contributed by atoms with van der Waals surface area (Å²) in [5.41, 5.74) is 2.17. The van der Waals surface area contributed by atoms with Gasteiger partial charge < -0.3 is 10.4 Å². The zero-order chi connectivity index (χ0) is 14.7. The molecule has 2 aromatic carbocycles. The highest BCUT2D eigenvalue weighted by Crippen LogP contribution is 2.31. The average molecular weight is 314 g/mol. The second kappa shape index (κ2) is 6.44. The first-order chi connectivity index (χ1) is 9.52. The molecular weight excluding hydrogens is 300 g/mol. The second-order valence-electron chi connectivity index (χ2n) is 4.47. The summed E-state index contributed by atoms with van der Waals surface area (Å²) in [4.78, 5) is 0. The third kappa shape index (κ3) is 3.23. The lowest BCUT2D eigenvalue weighted by atomic mass is 10.1. The normalized spacial score (nSPS) is 12.2. The van der Waals surface area contributed by atoms with E-state index in [9.17, 15) is 9.50 Å². The molecule has 0 aliphatic heterocycles. The number of benzene rings is 2. The molecule has 2 nitrogen and oxygen atoms in total. The van der Waals surface area contributed by atoms with E-state index in [-0.39, 0.29) is 17.7 Å². The molecule has 2 N–H and O–H groups in total. The number of rotatable bonds is 4. The highest BCUT2D eigenvalue weighted by Gasteiger charge is 2.14. The molecule has 0 heterocycles. The molecule has 106 valence electrons. The number of hydrogen-bond donors (Lipinski definition) is 2. The molecule has 0 saturated carbocycles. The van der Waals surface area contributed by atoms with Gasteiger partial charge in [0.15, 0.2) is 0 Å². The predicted octanol–water partition coefficient (Wildman–Crippen LogP) is 4.80. The van der Waals surface area contributed by atoms with E-state index in [0.29, 0.717) is 10.6 Å². The fourth-order valence-electron chi connectivity index (χ4n) is 1.98. The Morgan fingerprint density at radius 2 is 1.90 bits per heavy atom. The maximum atomic E-state index is 13.5. The van der Waals surface area contributed by atoms with Gasteiger partial charge in [0.1, 0.15) is 5.82 Å². The van der Waals surface area contributed by atoms with Gasteiger partial charge >= 0.3 is 0 Å². The van der Waals surface area contributed by atoms with Crippen molar-refractivity contribution in [3.8, 4) is 0 Å². The largest absolute Gasteiger partial charge is 0.392 e. The molecule has 20 heavy (non-hydrogen) atoms. The van der Waals surface area contributed by atoms with Crippen LogP contribution >= 0.6 is 23.2 Å². The Kier molecular flexibility index (Phi) is 4.86. The van der Waals surface area contributed by atoms with Gasteiger partial charge in [-0.1, -0.05) is 41.4 Å². The summed E-state index contributed by atoms with van der Waals surface area (Å²) in [5, 5.41) is 12.9. The maximum Gasteiger partial charge on any atom is 0.142 e. The number of para-hydroxylation sites is 1. The molecule has 1 atom stereocenters. The molecular formula is C15H14Cl2FNO. The maximum absolute atomic E-state index is 13.5. The summed E-state index contributed by atoms with van der Waals surface area (Å²) in [6.45, 7) is 1.79. The van der Waals surface area contributed by atoms with Crippen LogP contribution < -0.4 is 5.32 Å². The van der Waals surface area contributed by atoms with Gasteiger partial charge in [-0.15, -0.1) is 0 Å². The van der Waals surface area contributed by atoms with Crippen LogP contribution in [0.25, 0.3) is 0 Å². The minimum atomic E-state index is -0.504. The third-order valence-corrected chi connectivity index (χ3v) is 3.68. The number of anilines is 1. The lowest BCUT2D eigenvalue weighted by Gasteiger charge is -2.19. The van der Waals surface area contributed by atoms with Crippen molar-refractivity contribution in [2.24, 2.45) is 0 Å². The van der Waals surface area contributed by atoms with Gasteiger partial charge in [-0.2, -0.15) is 0 Å². The predicted molar refractivity (Wildman–Crippen MR) is 80.8 cm³/mol. The van der Waals surface area contributed by atoms with Crippen molar-refractivity contribution in [3.05, 3.63) is 63.4 Å². The van der Waals surface area contributed by atoms with Gasteiger partial charge in [-0.05, 0) is 30.7 Å². The van der Waals surface area contributed by atoms with E-state index < -0.39 is 5.82 Å². The number of nitrogens with one attached hydrogen (secondary N) is 1. The number of aliphatic hydroxyl groups is 1. The molecule has 0 aliphatic carbocycles. The van der Waals surface area contributed by atoms with Crippen LogP contribution in [-0.4, -0.2) is 5.11 Å². The summed E-state index contributed by atoms with van der Waals surface area (Å²) in [6, 6.07) is 9.87. The Labute approximate surface area is 127 Å². The smallest absolute Gasteiger partial charge is 0.142 e. The Morgan fingerprint density at radius 3 is 2.60 bits per heavy atom. The summed E-state index contributed by atoms with van der Waals surface area (Å²) in [6.07, 6.45) is 0. The third-order valence-electron chi connectivity index (χ3n) is 3.07. The summed E-state index contributed by atoms with van der Waals surface area (Å²) in [7, 11) is 0. The highest BCUT2D eigenvalue weighted by molar-refractivity contribution is 6.35. The Balaban J connectivity index is 2.28. The summed E-state index contributed by atoms with van der Waals surface area (Å²) in [5.74, 6) is -0.504. The number of halogens is 3. The Hall–Kier alpha value is -1.29. The average Bonchev–Trinajstić information content (AvgIpc) is 2.43. The van der Waals surface area contributed by atoms with Gasteiger partial charge in [0.05, 0.1) is 17.7 Å². The fraction of sp³-hybridized carbons (Fsp3) is 0.200. The molecule has 0 spiro atoms. The molecule has 5 heteroatoms. The first-order valence-electron chi connectivity index (χ1n) is 6.12. The minimum Gasteiger partial charge on any atom is -0.392 e. The molecule has 1 unspecified atom stereocenters. The lowest BCUT2D eigenvalue weighted by Crippen LogP contribution is -2.09. The molecule has 0 radical (unpaired) electrons. The lowest BCUT2D eigenvalue weighted by molar-refractivity contribution is 0.282. The van der Waals surface area contributed by atoms with Crippen LogP contribution in [-0.2, 0) is 6.61 Å². The Bertz CT molecular complexity index is 619. The zero-order valence-corrected chi connectivity index (χ0v) is 12.3. The van der Waals surface area contributed by atoms with E-state index in [4.69, 9.17) is 23.2 Å². The van der Waals surface area contributed by atoms with Crippen LogP contribution in [0.5, 0.6) is 0 Å². The van der Waals surface area contributed by atoms with Crippen molar-refractivity contribution in [3.63, 3.8) is 0 Å². The van der Waals surface area contributed by atoms with Crippen molar-refractivity contribution >= 4 is 28.9 Å². The molecule has 0 saturated heterocycles. The number of hydrogen-bond acceptors (Lipinski definition) is 2. The summed E-state index contributed by atoms with van der Waals surface area (Å²) >= 11 is 11.8. The molecule has 0 amide bonds. The van der Waals surface area contributed by atoms with Gasteiger partial charge in [0.25, 0.3) is 0 Å². The fourth-order valence-corrected chi connectivity index (χ4v) is 2.53. The highest BCUT2D eigenvalue weighted by atomic mass is 35.5. The van der Waals surface area contributed by atoms with Crippen LogP contribution in [0.15, 0.2) is 36.4 Å². The van der Waals surface area contributed by atoms with Crippen LogP contribution in [0.1, 0.15) is 24.1 Å². The number of aliphatic hydroxyl groups excluding tert-OH is 1. The quantitative estimate of drug-likeness (QED) is 0.795. The van der Waals surface area contributed by atoms with E-state index in [1.54, 1.807) is 0 Å². The minimum absolute atomic E-state index is 0.00158. The summed E-state index contributed by atoms with van der Waals surface area (Å²) < 4.78 is 13.5. The first kappa shape index (κ1) is 15.1. The molecule has 2 rings (SSSR count). The van der Waals surface area contributed by atoms with Crippen LogP contribution in [0.2, 0.25) is 10.0 Å². The molecule has 0 aromatic heterocycles. The monoisotopic (exact) mass is 313 g/mol. The SMILES string of the molecule is CC(Nc1ccccc1CO)c1cc(F)c(Cl)cc1Cl. The van der Waals surface area contributed by atoms with Crippen molar-refractivity contribution in [1.82, 2.24) is 0 Å². The van der Waals surface area contributed by atoms with Crippen molar-refractivity contribution in [2.45, 2.75) is 19.6 Å². The second-order valence-corrected chi connectivity index (χ2v) is 5.28. The van der Waals surface area contributed by atoms with E-state index in [1.165, 1.54) is 12.1 Å². The molecule has 0 fully saturated rings. The van der Waals surface area contributed by atoms with E-state index in [1.807, 2.05) is 31.2 Å². The van der Waals surface area contributed by atoms with E-state index in [2.05, 4.69) is 5.32 Å². The zero-order valence-electron chi connectivity index (χ0n) is 10.8.